The quantitative estimate of drug-likeness (QED) is 0.472. The number of rotatable bonds is 7. The third-order valence-corrected chi connectivity index (χ3v) is 6.95. The number of hydrogen-bond donors (Lipinski definition) is 3. The molecule has 36 heavy (non-hydrogen) atoms. The molecule has 9 heteroatoms. The van der Waals surface area contributed by atoms with E-state index in [1.54, 1.807) is 42.9 Å². The van der Waals surface area contributed by atoms with Gasteiger partial charge in [0.15, 0.2) is 0 Å². The molecule has 2 saturated heterocycles. The van der Waals surface area contributed by atoms with Crippen molar-refractivity contribution in [2.24, 2.45) is 5.73 Å². The third kappa shape index (κ3) is 5.05. The van der Waals surface area contributed by atoms with Gasteiger partial charge in [0.1, 0.15) is 5.82 Å². The SMILES string of the molecule is NC(=O)c1ccc(C(=O)N[C@H]2C[C@H]3CC[C@@H](C2)N3c2ccc(C(=O)NCc3cccnc3)cn2)cc1. The maximum atomic E-state index is 12.7. The van der Waals surface area contributed by atoms with Gasteiger partial charge in [-0.25, -0.2) is 4.98 Å². The fourth-order valence-corrected chi connectivity index (χ4v) is 5.18. The first-order valence-electron chi connectivity index (χ1n) is 12.1. The Balaban J connectivity index is 1.18. The summed E-state index contributed by atoms with van der Waals surface area (Å²) in [7, 11) is 0. The van der Waals surface area contributed by atoms with Crippen molar-refractivity contribution in [3.63, 3.8) is 0 Å². The van der Waals surface area contributed by atoms with Crippen molar-refractivity contribution in [1.29, 1.82) is 0 Å². The van der Waals surface area contributed by atoms with Gasteiger partial charge in [-0.05, 0) is 73.7 Å². The van der Waals surface area contributed by atoms with Crippen LogP contribution < -0.4 is 21.3 Å². The normalized spacial score (nSPS) is 20.6. The van der Waals surface area contributed by atoms with Gasteiger partial charge in [0, 0.05) is 54.4 Å². The molecule has 2 aliphatic rings. The van der Waals surface area contributed by atoms with E-state index >= 15 is 0 Å². The first-order valence-corrected chi connectivity index (χ1v) is 12.1. The van der Waals surface area contributed by atoms with Crippen LogP contribution in [-0.2, 0) is 6.54 Å². The number of piperidine rings is 1. The second-order valence-electron chi connectivity index (χ2n) is 9.32. The van der Waals surface area contributed by atoms with Crippen molar-refractivity contribution < 1.29 is 14.4 Å². The van der Waals surface area contributed by atoms with Crippen LogP contribution in [-0.4, -0.2) is 45.8 Å². The largest absolute Gasteiger partial charge is 0.366 e. The van der Waals surface area contributed by atoms with E-state index in [0.717, 1.165) is 37.1 Å². The molecule has 0 aliphatic carbocycles. The van der Waals surface area contributed by atoms with Crippen LogP contribution in [0.4, 0.5) is 5.82 Å². The molecule has 3 amide bonds. The van der Waals surface area contributed by atoms with Crippen molar-refractivity contribution in [1.82, 2.24) is 20.6 Å². The van der Waals surface area contributed by atoms with Gasteiger partial charge in [0.05, 0.1) is 5.56 Å². The van der Waals surface area contributed by atoms with Gasteiger partial charge in [-0.15, -0.1) is 0 Å². The summed E-state index contributed by atoms with van der Waals surface area (Å²) >= 11 is 0. The first-order chi connectivity index (χ1) is 17.5. The maximum absolute atomic E-state index is 12.7. The molecule has 0 radical (unpaired) electrons. The van der Waals surface area contributed by atoms with Crippen LogP contribution in [0.25, 0.3) is 0 Å². The molecule has 2 aliphatic heterocycles. The predicted octanol–water partition coefficient (Wildman–Crippen LogP) is 2.44. The second-order valence-corrected chi connectivity index (χ2v) is 9.32. The molecular formula is C27H28N6O3. The molecule has 3 aromatic rings. The van der Waals surface area contributed by atoms with E-state index in [-0.39, 0.29) is 29.9 Å². The Hall–Kier alpha value is -4.27. The average molecular weight is 485 g/mol. The van der Waals surface area contributed by atoms with Crippen LogP contribution in [0.3, 0.4) is 0 Å². The highest BCUT2D eigenvalue weighted by Gasteiger charge is 2.41. The zero-order chi connectivity index (χ0) is 25.1. The number of nitrogens with one attached hydrogen (secondary N) is 2. The Morgan fingerprint density at radius 3 is 2.19 bits per heavy atom. The maximum Gasteiger partial charge on any atom is 0.253 e. The average Bonchev–Trinajstić information content (AvgIpc) is 3.17. The Labute approximate surface area is 209 Å². The van der Waals surface area contributed by atoms with Crippen LogP contribution in [0.5, 0.6) is 0 Å². The molecule has 2 aromatic heterocycles. The minimum atomic E-state index is -0.516. The lowest BCUT2D eigenvalue weighted by molar-refractivity contribution is 0.0923. The van der Waals surface area contributed by atoms with Gasteiger partial charge in [0.2, 0.25) is 5.91 Å². The second kappa shape index (κ2) is 10.2. The highest BCUT2D eigenvalue weighted by molar-refractivity contribution is 5.97. The highest BCUT2D eigenvalue weighted by Crippen LogP contribution is 2.38. The summed E-state index contributed by atoms with van der Waals surface area (Å²) in [6, 6.07) is 14.5. The number of aromatic nitrogens is 2. The number of benzene rings is 1. The van der Waals surface area contributed by atoms with E-state index in [4.69, 9.17) is 5.73 Å². The molecule has 4 heterocycles. The summed E-state index contributed by atoms with van der Waals surface area (Å²) in [5.74, 6) is 0.0193. The van der Waals surface area contributed by atoms with Crippen molar-refractivity contribution in [3.8, 4) is 0 Å². The van der Waals surface area contributed by atoms with E-state index in [1.165, 1.54) is 0 Å². The monoisotopic (exact) mass is 484 g/mol. The number of carbonyl (C=O) groups excluding carboxylic acids is 3. The van der Waals surface area contributed by atoms with E-state index in [1.807, 2.05) is 24.3 Å². The van der Waals surface area contributed by atoms with Gasteiger partial charge in [-0.1, -0.05) is 6.07 Å². The molecule has 9 nitrogen and oxygen atoms in total. The summed E-state index contributed by atoms with van der Waals surface area (Å²) in [4.78, 5) is 47.5. The number of nitrogens with two attached hydrogens (primary N) is 1. The molecule has 0 unspecified atom stereocenters. The Morgan fingerprint density at radius 1 is 0.889 bits per heavy atom. The number of carbonyl (C=O) groups is 3. The molecule has 0 saturated carbocycles. The zero-order valence-corrected chi connectivity index (χ0v) is 19.8. The highest BCUT2D eigenvalue weighted by atomic mass is 16.2. The Morgan fingerprint density at radius 2 is 1.58 bits per heavy atom. The summed E-state index contributed by atoms with van der Waals surface area (Å²) in [5.41, 5.74) is 7.61. The van der Waals surface area contributed by atoms with Crippen molar-refractivity contribution in [2.45, 2.75) is 50.4 Å². The van der Waals surface area contributed by atoms with Gasteiger partial charge in [0.25, 0.3) is 11.8 Å². The first kappa shape index (κ1) is 23.5. The number of nitrogens with zero attached hydrogens (tertiary/aromatic N) is 3. The Kier molecular flexibility index (Phi) is 6.62. The minimum absolute atomic E-state index is 0.0691. The summed E-state index contributed by atoms with van der Waals surface area (Å²) < 4.78 is 0. The van der Waals surface area contributed by atoms with E-state index in [2.05, 4.69) is 25.5 Å². The minimum Gasteiger partial charge on any atom is -0.366 e. The van der Waals surface area contributed by atoms with Crippen LogP contribution >= 0.6 is 0 Å². The number of hydrogen-bond acceptors (Lipinski definition) is 6. The van der Waals surface area contributed by atoms with Crippen LogP contribution in [0.15, 0.2) is 67.1 Å². The van der Waals surface area contributed by atoms with Gasteiger partial charge in [-0.3, -0.25) is 19.4 Å². The molecule has 1 aromatic carbocycles. The lowest BCUT2D eigenvalue weighted by atomic mass is 9.96. The van der Waals surface area contributed by atoms with Crippen molar-refractivity contribution in [2.75, 3.05) is 4.90 Å². The van der Waals surface area contributed by atoms with Crippen molar-refractivity contribution >= 4 is 23.5 Å². The van der Waals surface area contributed by atoms with Gasteiger partial charge < -0.3 is 21.3 Å². The predicted molar refractivity (Wildman–Crippen MR) is 134 cm³/mol. The van der Waals surface area contributed by atoms with Crippen LogP contribution in [0.1, 0.15) is 62.3 Å². The number of primary amides is 1. The fourth-order valence-electron chi connectivity index (χ4n) is 5.18. The standard InChI is InChI=1S/C27H28N6O3/c28-25(34)18-3-5-19(6-4-18)27(36)32-21-12-22-8-9-23(13-21)33(22)24-10-7-20(16-30-24)26(35)31-15-17-2-1-11-29-14-17/h1-7,10-11,14,16,21-23H,8-9,12-13,15H2,(H2,28,34)(H,31,35)(H,32,36)/t21-,22+,23-. The summed E-state index contributed by atoms with van der Waals surface area (Å²) in [6.45, 7) is 0.410. The molecule has 2 bridgehead atoms. The third-order valence-electron chi connectivity index (χ3n) is 6.95. The molecule has 184 valence electrons. The van der Waals surface area contributed by atoms with Gasteiger partial charge in [-0.2, -0.15) is 0 Å². The molecule has 5 rings (SSSR count). The molecule has 2 fully saturated rings. The van der Waals surface area contributed by atoms with E-state index in [0.29, 0.717) is 23.2 Å². The smallest absolute Gasteiger partial charge is 0.253 e. The van der Waals surface area contributed by atoms with Gasteiger partial charge >= 0.3 is 0 Å². The molecular weight excluding hydrogens is 456 g/mol. The molecule has 4 N–H and O–H groups in total. The Bertz CT molecular complexity index is 1230. The van der Waals surface area contributed by atoms with Crippen LogP contribution in [0, 0.1) is 0 Å². The number of anilines is 1. The summed E-state index contributed by atoms with van der Waals surface area (Å²) in [5, 5.41) is 6.04. The van der Waals surface area contributed by atoms with E-state index in [9.17, 15) is 14.4 Å². The van der Waals surface area contributed by atoms with Crippen LogP contribution in [0.2, 0.25) is 0 Å². The number of fused-ring (bicyclic) bond motifs is 2. The lowest BCUT2D eigenvalue weighted by Crippen LogP contribution is -2.50. The lowest BCUT2D eigenvalue weighted by Gasteiger charge is -2.40. The van der Waals surface area contributed by atoms with E-state index < -0.39 is 5.91 Å². The van der Waals surface area contributed by atoms with Crippen molar-refractivity contribution in [3.05, 3.63) is 89.4 Å². The number of pyridine rings is 2. The number of amides is 3. The summed E-state index contributed by atoms with van der Waals surface area (Å²) in [6.07, 6.45) is 8.79. The fraction of sp³-hybridized carbons (Fsp3) is 0.296. The zero-order valence-electron chi connectivity index (χ0n) is 19.8. The molecule has 3 atom stereocenters. The topological polar surface area (TPSA) is 130 Å². The molecule has 0 spiro atoms.